The normalized spacial score (nSPS) is 12.7. The summed E-state index contributed by atoms with van der Waals surface area (Å²) >= 11 is 6.33. The Labute approximate surface area is 111 Å². The zero-order valence-corrected chi connectivity index (χ0v) is 10.9. The van der Waals surface area contributed by atoms with Crippen molar-refractivity contribution in [3.8, 4) is 5.69 Å². The fourth-order valence-electron chi connectivity index (χ4n) is 1.96. The molecule has 0 fully saturated rings. The Hall–Kier alpha value is -1.36. The zero-order valence-electron chi connectivity index (χ0n) is 10.2. The first-order valence-corrected chi connectivity index (χ1v) is 6.19. The minimum absolute atomic E-state index is 0.0352. The van der Waals surface area contributed by atoms with Crippen LogP contribution in [0.15, 0.2) is 30.3 Å². The summed E-state index contributed by atoms with van der Waals surface area (Å²) in [5, 5.41) is 13.9. The molecule has 0 radical (unpaired) electrons. The Kier molecular flexibility index (Phi) is 4.01. The molecule has 0 amide bonds. The molecule has 2 rings (SSSR count). The molecule has 1 aromatic carbocycles. The van der Waals surface area contributed by atoms with E-state index in [0.29, 0.717) is 11.6 Å². The van der Waals surface area contributed by atoms with E-state index in [2.05, 4.69) is 5.10 Å². The fourth-order valence-corrected chi connectivity index (χ4v) is 2.37. The maximum Gasteiger partial charge on any atom is 0.137 e. The van der Waals surface area contributed by atoms with Gasteiger partial charge in [0.05, 0.1) is 11.4 Å². The Morgan fingerprint density at radius 2 is 2.06 bits per heavy atom. The Morgan fingerprint density at radius 3 is 2.67 bits per heavy atom. The van der Waals surface area contributed by atoms with Crippen molar-refractivity contribution in [2.45, 2.75) is 19.4 Å². The summed E-state index contributed by atoms with van der Waals surface area (Å²) in [6.45, 7) is 1.91. The van der Waals surface area contributed by atoms with Gasteiger partial charge in [-0.2, -0.15) is 5.10 Å². The molecule has 1 unspecified atom stereocenters. The topological polar surface area (TPSA) is 64.1 Å². The number of benzene rings is 1. The van der Waals surface area contributed by atoms with Crippen LogP contribution in [0.25, 0.3) is 5.69 Å². The minimum atomic E-state index is -0.292. The number of nitrogens with zero attached hydrogens (tertiary/aromatic N) is 2. The van der Waals surface area contributed by atoms with E-state index in [1.165, 1.54) is 0 Å². The predicted molar refractivity (Wildman–Crippen MR) is 71.9 cm³/mol. The Bertz CT molecular complexity index is 525. The highest BCUT2D eigenvalue weighted by Crippen LogP contribution is 2.28. The largest absolute Gasteiger partial charge is 0.396 e. The summed E-state index contributed by atoms with van der Waals surface area (Å²) in [6.07, 6.45) is 0.473. The molecule has 1 aromatic heterocycles. The van der Waals surface area contributed by atoms with Crippen molar-refractivity contribution < 1.29 is 5.11 Å². The highest BCUT2D eigenvalue weighted by Gasteiger charge is 2.19. The molecule has 2 aromatic rings. The number of nitrogens with two attached hydrogens (primary N) is 1. The second-order valence-corrected chi connectivity index (χ2v) is 4.51. The molecule has 0 aliphatic carbocycles. The lowest BCUT2D eigenvalue weighted by molar-refractivity contribution is 0.276. The van der Waals surface area contributed by atoms with Crippen LogP contribution in [0, 0.1) is 6.92 Å². The standard InChI is InChI=1S/C13H16ClN3O/c1-9-12(11(15)7-8-18)13(14)17(16-9)10-5-3-2-4-6-10/h2-6,11,18H,7-8,15H2,1H3. The van der Waals surface area contributed by atoms with Gasteiger partial charge in [0, 0.05) is 18.2 Å². The molecule has 96 valence electrons. The smallest absolute Gasteiger partial charge is 0.137 e. The summed E-state index contributed by atoms with van der Waals surface area (Å²) in [7, 11) is 0. The third-order valence-corrected chi connectivity index (χ3v) is 3.22. The van der Waals surface area contributed by atoms with Crippen molar-refractivity contribution in [1.29, 1.82) is 0 Å². The maximum atomic E-state index is 8.95. The van der Waals surface area contributed by atoms with E-state index in [9.17, 15) is 0 Å². The van der Waals surface area contributed by atoms with Gasteiger partial charge in [-0.3, -0.25) is 0 Å². The van der Waals surface area contributed by atoms with E-state index < -0.39 is 0 Å². The molecule has 4 nitrogen and oxygen atoms in total. The summed E-state index contributed by atoms with van der Waals surface area (Å²) < 4.78 is 1.67. The molecule has 1 atom stereocenters. The van der Waals surface area contributed by atoms with Gasteiger partial charge in [0.1, 0.15) is 5.15 Å². The number of aryl methyl sites for hydroxylation is 1. The van der Waals surface area contributed by atoms with E-state index in [1.807, 2.05) is 37.3 Å². The van der Waals surface area contributed by atoms with Gasteiger partial charge in [0.15, 0.2) is 0 Å². The molecule has 0 bridgehead atoms. The number of hydrogen-bond acceptors (Lipinski definition) is 3. The molecule has 0 saturated carbocycles. The second kappa shape index (κ2) is 5.52. The van der Waals surface area contributed by atoms with Crippen LogP contribution >= 0.6 is 11.6 Å². The van der Waals surface area contributed by atoms with Crippen molar-refractivity contribution in [3.63, 3.8) is 0 Å². The third-order valence-electron chi connectivity index (χ3n) is 2.86. The van der Waals surface area contributed by atoms with Crippen LogP contribution in [0.1, 0.15) is 23.7 Å². The van der Waals surface area contributed by atoms with Gasteiger partial charge in [0.25, 0.3) is 0 Å². The lowest BCUT2D eigenvalue weighted by Gasteiger charge is -2.09. The van der Waals surface area contributed by atoms with Crippen molar-refractivity contribution >= 4 is 11.6 Å². The lowest BCUT2D eigenvalue weighted by Crippen LogP contribution is -2.13. The van der Waals surface area contributed by atoms with Crippen molar-refractivity contribution in [3.05, 3.63) is 46.7 Å². The molecule has 0 aliphatic heterocycles. The average molecular weight is 266 g/mol. The quantitative estimate of drug-likeness (QED) is 0.891. The van der Waals surface area contributed by atoms with Gasteiger partial charge in [-0.05, 0) is 25.5 Å². The lowest BCUT2D eigenvalue weighted by atomic mass is 10.1. The number of aliphatic hydroxyl groups excluding tert-OH is 1. The van der Waals surface area contributed by atoms with E-state index in [0.717, 1.165) is 16.9 Å². The molecular formula is C13H16ClN3O. The molecule has 0 saturated heterocycles. The molecule has 18 heavy (non-hydrogen) atoms. The number of hydrogen-bond donors (Lipinski definition) is 2. The number of aromatic nitrogens is 2. The Balaban J connectivity index is 2.44. The summed E-state index contributed by atoms with van der Waals surface area (Å²) in [6, 6.07) is 9.36. The zero-order chi connectivity index (χ0) is 13.1. The van der Waals surface area contributed by atoms with Gasteiger partial charge in [-0.1, -0.05) is 29.8 Å². The first-order chi connectivity index (χ1) is 8.65. The van der Waals surface area contributed by atoms with Gasteiger partial charge >= 0.3 is 0 Å². The van der Waals surface area contributed by atoms with Gasteiger partial charge in [-0.25, -0.2) is 4.68 Å². The molecular weight excluding hydrogens is 250 g/mol. The van der Waals surface area contributed by atoms with Gasteiger partial charge < -0.3 is 10.8 Å². The van der Waals surface area contributed by atoms with Crippen LogP contribution in [0.2, 0.25) is 5.15 Å². The predicted octanol–water partition coefficient (Wildman–Crippen LogP) is 2.22. The molecule has 5 heteroatoms. The summed E-state index contributed by atoms with van der Waals surface area (Å²) in [5.41, 5.74) is 8.49. The first-order valence-electron chi connectivity index (χ1n) is 5.82. The van der Waals surface area contributed by atoms with Gasteiger partial charge in [0.2, 0.25) is 0 Å². The number of rotatable bonds is 4. The molecule has 0 spiro atoms. The van der Waals surface area contributed by atoms with Crippen LogP contribution in [-0.4, -0.2) is 21.5 Å². The second-order valence-electron chi connectivity index (χ2n) is 4.16. The van der Waals surface area contributed by atoms with Crippen molar-refractivity contribution in [2.24, 2.45) is 5.73 Å². The van der Waals surface area contributed by atoms with Crippen molar-refractivity contribution in [2.75, 3.05) is 6.61 Å². The van der Waals surface area contributed by atoms with E-state index in [-0.39, 0.29) is 12.6 Å². The maximum absolute atomic E-state index is 8.95. The SMILES string of the molecule is Cc1nn(-c2ccccc2)c(Cl)c1C(N)CCO. The summed E-state index contributed by atoms with van der Waals surface area (Å²) in [5.74, 6) is 0. The van der Waals surface area contributed by atoms with Crippen LogP contribution in [0.5, 0.6) is 0 Å². The first kappa shape index (κ1) is 13.1. The average Bonchev–Trinajstić information content (AvgIpc) is 2.66. The molecule has 1 heterocycles. The van der Waals surface area contributed by atoms with Crippen LogP contribution < -0.4 is 5.73 Å². The Morgan fingerprint density at radius 1 is 1.39 bits per heavy atom. The monoisotopic (exact) mass is 265 g/mol. The van der Waals surface area contributed by atoms with Crippen LogP contribution in [0.3, 0.4) is 0 Å². The highest BCUT2D eigenvalue weighted by molar-refractivity contribution is 6.30. The number of para-hydroxylation sites is 1. The highest BCUT2D eigenvalue weighted by atomic mass is 35.5. The molecule has 3 N–H and O–H groups in total. The number of halogens is 1. The van der Waals surface area contributed by atoms with E-state index >= 15 is 0 Å². The molecule has 0 aliphatic rings. The van der Waals surface area contributed by atoms with E-state index in [1.54, 1.807) is 4.68 Å². The summed E-state index contributed by atoms with van der Waals surface area (Å²) in [4.78, 5) is 0. The van der Waals surface area contributed by atoms with Crippen molar-refractivity contribution in [1.82, 2.24) is 9.78 Å². The van der Waals surface area contributed by atoms with Crippen LogP contribution in [0.4, 0.5) is 0 Å². The van der Waals surface area contributed by atoms with Gasteiger partial charge in [-0.15, -0.1) is 0 Å². The number of aliphatic hydroxyl groups is 1. The van der Waals surface area contributed by atoms with E-state index in [4.69, 9.17) is 22.4 Å². The third kappa shape index (κ3) is 2.41. The minimum Gasteiger partial charge on any atom is -0.396 e. The fraction of sp³-hybridized carbons (Fsp3) is 0.308. The van der Waals surface area contributed by atoms with Crippen LogP contribution in [-0.2, 0) is 0 Å².